The molecular weight excluding hydrogens is 232 g/mol. The van der Waals surface area contributed by atoms with Crippen LogP contribution in [0.2, 0.25) is 0 Å². The van der Waals surface area contributed by atoms with Crippen LogP contribution in [-0.2, 0) is 9.59 Å². The number of amides is 2. The first-order chi connectivity index (χ1) is 8.63. The Kier molecular flexibility index (Phi) is 6.67. The van der Waals surface area contributed by atoms with Gasteiger partial charge >= 0.3 is 0 Å². The van der Waals surface area contributed by atoms with Gasteiger partial charge in [0.1, 0.15) is 6.04 Å². The van der Waals surface area contributed by atoms with E-state index >= 15 is 0 Å². The Labute approximate surface area is 108 Å². The third-order valence-electron chi connectivity index (χ3n) is 2.90. The molecule has 1 unspecified atom stereocenters. The average molecular weight is 256 g/mol. The number of nitrogens with zero attached hydrogens (tertiary/aromatic N) is 1. The number of hydrogen-bond donors (Lipinski definition) is 3. The van der Waals surface area contributed by atoms with Gasteiger partial charge in [0, 0.05) is 32.7 Å². The monoisotopic (exact) mass is 256 g/mol. The Hall–Kier alpha value is -1.14. The molecule has 6 nitrogen and oxygen atoms in total. The van der Waals surface area contributed by atoms with E-state index < -0.39 is 6.04 Å². The second kappa shape index (κ2) is 8.05. The quantitative estimate of drug-likeness (QED) is 0.565. The van der Waals surface area contributed by atoms with Gasteiger partial charge in [-0.1, -0.05) is 6.92 Å². The standard InChI is InChI=1S/C12H24N4O2/c1-3-4-14-12(18)10(2)15-11(17)9-16-7-5-13-6-8-16/h10,13H,3-9H2,1-2H3,(H,14,18)(H,15,17). The van der Waals surface area contributed by atoms with E-state index in [1.54, 1.807) is 6.92 Å². The molecule has 0 saturated carbocycles. The smallest absolute Gasteiger partial charge is 0.242 e. The van der Waals surface area contributed by atoms with Gasteiger partial charge in [-0.25, -0.2) is 0 Å². The van der Waals surface area contributed by atoms with E-state index in [2.05, 4.69) is 20.9 Å². The van der Waals surface area contributed by atoms with E-state index in [0.29, 0.717) is 13.1 Å². The van der Waals surface area contributed by atoms with Crippen molar-refractivity contribution in [3.05, 3.63) is 0 Å². The Morgan fingerprint density at radius 2 is 2.00 bits per heavy atom. The summed E-state index contributed by atoms with van der Waals surface area (Å²) in [6.07, 6.45) is 0.896. The van der Waals surface area contributed by atoms with Gasteiger partial charge in [0.25, 0.3) is 0 Å². The van der Waals surface area contributed by atoms with E-state index in [0.717, 1.165) is 32.6 Å². The van der Waals surface area contributed by atoms with Crippen LogP contribution in [0.3, 0.4) is 0 Å². The van der Waals surface area contributed by atoms with Crippen molar-refractivity contribution in [2.24, 2.45) is 0 Å². The summed E-state index contributed by atoms with van der Waals surface area (Å²) >= 11 is 0. The average Bonchev–Trinajstić information content (AvgIpc) is 2.36. The fourth-order valence-electron chi connectivity index (χ4n) is 1.83. The largest absolute Gasteiger partial charge is 0.354 e. The highest BCUT2D eigenvalue weighted by atomic mass is 16.2. The Balaban J connectivity index is 2.23. The van der Waals surface area contributed by atoms with Crippen LogP contribution in [-0.4, -0.2) is 62.0 Å². The van der Waals surface area contributed by atoms with E-state index in [1.165, 1.54) is 0 Å². The summed E-state index contributed by atoms with van der Waals surface area (Å²) < 4.78 is 0. The third kappa shape index (κ3) is 5.46. The lowest BCUT2D eigenvalue weighted by Gasteiger charge is -2.27. The maximum Gasteiger partial charge on any atom is 0.242 e. The van der Waals surface area contributed by atoms with Gasteiger partial charge in [-0.3, -0.25) is 14.5 Å². The van der Waals surface area contributed by atoms with Gasteiger partial charge in [-0.15, -0.1) is 0 Å². The van der Waals surface area contributed by atoms with E-state index in [9.17, 15) is 9.59 Å². The number of carbonyl (C=O) groups is 2. The highest BCUT2D eigenvalue weighted by Gasteiger charge is 2.18. The van der Waals surface area contributed by atoms with Gasteiger partial charge in [0.05, 0.1) is 6.54 Å². The van der Waals surface area contributed by atoms with Crippen LogP contribution in [0.15, 0.2) is 0 Å². The van der Waals surface area contributed by atoms with Crippen molar-refractivity contribution in [1.29, 1.82) is 0 Å². The third-order valence-corrected chi connectivity index (χ3v) is 2.90. The zero-order chi connectivity index (χ0) is 13.4. The van der Waals surface area contributed by atoms with Crippen molar-refractivity contribution in [2.75, 3.05) is 39.3 Å². The molecule has 0 aliphatic carbocycles. The van der Waals surface area contributed by atoms with Crippen LogP contribution in [0.25, 0.3) is 0 Å². The van der Waals surface area contributed by atoms with Crippen molar-refractivity contribution in [3.8, 4) is 0 Å². The second-order valence-electron chi connectivity index (χ2n) is 4.61. The Morgan fingerprint density at radius 1 is 1.33 bits per heavy atom. The van der Waals surface area contributed by atoms with Gasteiger partial charge in [0.15, 0.2) is 0 Å². The predicted octanol–water partition coefficient (Wildman–Crippen LogP) is -1.08. The fraction of sp³-hybridized carbons (Fsp3) is 0.833. The first-order valence-electron chi connectivity index (χ1n) is 6.63. The molecule has 1 fully saturated rings. The van der Waals surface area contributed by atoms with Crippen LogP contribution in [0.5, 0.6) is 0 Å². The molecule has 0 aromatic rings. The zero-order valence-electron chi connectivity index (χ0n) is 11.3. The maximum atomic E-state index is 11.7. The SMILES string of the molecule is CCCNC(=O)C(C)NC(=O)CN1CCNCC1. The van der Waals surface area contributed by atoms with Crippen LogP contribution < -0.4 is 16.0 Å². The summed E-state index contributed by atoms with van der Waals surface area (Å²) in [7, 11) is 0. The number of carbonyl (C=O) groups excluding carboxylic acids is 2. The van der Waals surface area contributed by atoms with Crippen LogP contribution in [0.1, 0.15) is 20.3 Å². The minimum Gasteiger partial charge on any atom is -0.354 e. The van der Waals surface area contributed by atoms with Crippen molar-refractivity contribution in [1.82, 2.24) is 20.9 Å². The number of hydrogen-bond acceptors (Lipinski definition) is 4. The molecule has 1 saturated heterocycles. The molecule has 1 heterocycles. The minimum atomic E-state index is -0.466. The highest BCUT2D eigenvalue weighted by Crippen LogP contribution is 1.92. The lowest BCUT2D eigenvalue weighted by molar-refractivity contribution is -0.129. The van der Waals surface area contributed by atoms with Crippen LogP contribution >= 0.6 is 0 Å². The summed E-state index contributed by atoms with van der Waals surface area (Å²) in [5, 5.41) is 8.72. The van der Waals surface area contributed by atoms with Crippen molar-refractivity contribution >= 4 is 11.8 Å². The van der Waals surface area contributed by atoms with Gasteiger partial charge < -0.3 is 16.0 Å². The first-order valence-corrected chi connectivity index (χ1v) is 6.63. The molecule has 3 N–H and O–H groups in total. The molecular formula is C12H24N4O2. The molecule has 18 heavy (non-hydrogen) atoms. The molecule has 6 heteroatoms. The van der Waals surface area contributed by atoms with E-state index in [-0.39, 0.29) is 11.8 Å². The lowest BCUT2D eigenvalue weighted by atomic mass is 10.3. The maximum absolute atomic E-state index is 11.7. The number of nitrogens with one attached hydrogen (secondary N) is 3. The second-order valence-corrected chi connectivity index (χ2v) is 4.61. The van der Waals surface area contributed by atoms with E-state index in [1.807, 2.05) is 6.92 Å². The molecule has 1 aliphatic rings. The first kappa shape index (κ1) is 14.9. The zero-order valence-corrected chi connectivity index (χ0v) is 11.3. The summed E-state index contributed by atoms with van der Waals surface area (Å²) in [5.41, 5.74) is 0. The van der Waals surface area contributed by atoms with Gasteiger partial charge in [-0.2, -0.15) is 0 Å². The van der Waals surface area contributed by atoms with Crippen molar-refractivity contribution in [2.45, 2.75) is 26.3 Å². The molecule has 104 valence electrons. The molecule has 0 aromatic heterocycles. The number of piperazine rings is 1. The fourth-order valence-corrected chi connectivity index (χ4v) is 1.83. The normalized spacial score (nSPS) is 18.1. The van der Waals surface area contributed by atoms with Crippen LogP contribution in [0, 0.1) is 0 Å². The van der Waals surface area contributed by atoms with Crippen molar-refractivity contribution in [3.63, 3.8) is 0 Å². The van der Waals surface area contributed by atoms with E-state index in [4.69, 9.17) is 0 Å². The Morgan fingerprint density at radius 3 is 2.61 bits per heavy atom. The minimum absolute atomic E-state index is 0.0870. The Bertz CT molecular complexity index is 277. The topological polar surface area (TPSA) is 73.5 Å². The number of rotatable bonds is 6. The van der Waals surface area contributed by atoms with Crippen molar-refractivity contribution < 1.29 is 9.59 Å². The summed E-state index contributed by atoms with van der Waals surface area (Å²) in [6, 6.07) is -0.466. The predicted molar refractivity (Wildman–Crippen MR) is 70.2 cm³/mol. The highest BCUT2D eigenvalue weighted by molar-refractivity contribution is 5.87. The molecule has 1 atom stereocenters. The van der Waals surface area contributed by atoms with Gasteiger partial charge in [-0.05, 0) is 13.3 Å². The molecule has 1 rings (SSSR count). The molecule has 0 spiro atoms. The molecule has 0 radical (unpaired) electrons. The molecule has 1 aliphatic heterocycles. The van der Waals surface area contributed by atoms with Gasteiger partial charge in [0.2, 0.25) is 11.8 Å². The summed E-state index contributed by atoms with van der Waals surface area (Å²) in [6.45, 7) is 8.31. The molecule has 0 bridgehead atoms. The van der Waals surface area contributed by atoms with Crippen LogP contribution in [0.4, 0.5) is 0 Å². The molecule has 2 amide bonds. The summed E-state index contributed by atoms with van der Waals surface area (Å²) in [5.74, 6) is -0.207. The molecule has 0 aromatic carbocycles. The lowest BCUT2D eigenvalue weighted by Crippen LogP contribution is -2.51. The summed E-state index contributed by atoms with van der Waals surface area (Å²) in [4.78, 5) is 25.4.